The number of carboxylic acids is 1. The maximum absolute atomic E-state index is 14.3. The molecule has 0 aromatic heterocycles. The fraction of sp³-hybridized carbons (Fsp3) is 0.529. The Labute approximate surface area is 495 Å². The Bertz CT molecular complexity index is 3060. The third-order valence-electron chi connectivity index (χ3n) is 17.1. The number of carbonyl (C=O) groups excluding carboxylic acids is 5. The number of ether oxygens (including phenoxy) is 1. The van der Waals surface area contributed by atoms with Crippen molar-refractivity contribution in [2.45, 2.75) is 183 Å². The standard InChI is InChI=1S/C36H48FN3O4.C32H40FN3O4/c1-23(2)31(25-9-11-26(12-10-25)32(42)38-22-19-29(41)44-35(6,7)8)40-33(43)30(24-13-15-28(37)16-14-24)39-36(40)20-17-27(18-21-36)34(3,4)5;1-20(2)28(22-6-8-23(9-7-22)29(39)34-19-16-26(37)38)36-30(40)27(21-10-12-25(33)13-11-21)35-32(36)17-14-24(15-18-32)31(3,4)5/h9-16,23,27,31H,17-22H2,1-8H3,(H,38,42);6-13,20,24,28H,14-19H2,1-5H3,(H,34,39)(H,37,38)/t27?,31-,36?;24?,28-,32?/m11/s1. The smallest absolute Gasteiger partial charge is 0.308 e. The van der Waals surface area contributed by atoms with Crippen LogP contribution in [-0.2, 0) is 23.9 Å². The number of hydrogen-bond acceptors (Lipinski definition) is 9. The Morgan fingerprint density at radius 2 is 0.893 bits per heavy atom. The predicted molar refractivity (Wildman–Crippen MR) is 323 cm³/mol. The first-order valence-electron chi connectivity index (χ1n) is 29.9. The fourth-order valence-electron chi connectivity index (χ4n) is 12.7. The molecule has 0 saturated heterocycles. The van der Waals surface area contributed by atoms with E-state index in [0.717, 1.165) is 62.5 Å². The summed E-state index contributed by atoms with van der Waals surface area (Å²) in [5.41, 5.74) is 3.08. The topological polar surface area (TPSA) is 187 Å². The highest BCUT2D eigenvalue weighted by Gasteiger charge is 2.55. The van der Waals surface area contributed by atoms with Gasteiger partial charge in [-0.2, -0.15) is 0 Å². The molecule has 3 N–H and O–H groups in total. The summed E-state index contributed by atoms with van der Waals surface area (Å²) in [4.78, 5) is 90.9. The maximum atomic E-state index is 14.3. The third kappa shape index (κ3) is 15.2. The summed E-state index contributed by atoms with van der Waals surface area (Å²) in [7, 11) is 0. The average molecular weight is 1160 g/mol. The van der Waals surface area contributed by atoms with Crippen LogP contribution >= 0.6 is 0 Å². The van der Waals surface area contributed by atoms with Crippen molar-refractivity contribution in [1.82, 2.24) is 20.4 Å². The molecule has 0 bridgehead atoms. The molecule has 16 heteroatoms. The fourth-order valence-corrected chi connectivity index (χ4v) is 12.7. The number of aliphatic carboxylic acids is 1. The summed E-state index contributed by atoms with van der Waals surface area (Å²) in [6.45, 7) is 27.6. The van der Waals surface area contributed by atoms with Crippen LogP contribution in [0.3, 0.4) is 0 Å². The van der Waals surface area contributed by atoms with Crippen molar-refractivity contribution in [1.29, 1.82) is 0 Å². The van der Waals surface area contributed by atoms with E-state index < -0.39 is 22.9 Å². The number of rotatable bonds is 16. The van der Waals surface area contributed by atoms with Crippen molar-refractivity contribution >= 4 is 47.0 Å². The number of esters is 1. The first-order valence-corrected chi connectivity index (χ1v) is 29.9. The predicted octanol–water partition coefficient (Wildman–Crippen LogP) is 13.2. The third-order valence-corrected chi connectivity index (χ3v) is 17.1. The van der Waals surface area contributed by atoms with Gasteiger partial charge in [0.15, 0.2) is 0 Å². The second-order valence-corrected chi connectivity index (χ2v) is 27.1. The monoisotopic (exact) mass is 1150 g/mol. The molecule has 2 aliphatic heterocycles. The van der Waals surface area contributed by atoms with Gasteiger partial charge in [-0.05, 0) is 191 Å². The molecular weight excluding hydrogens is 1070 g/mol. The summed E-state index contributed by atoms with van der Waals surface area (Å²) in [6.07, 6.45) is 6.77. The van der Waals surface area contributed by atoms with Gasteiger partial charge in [-0.15, -0.1) is 0 Å². The summed E-state index contributed by atoms with van der Waals surface area (Å²) < 4.78 is 32.8. The first kappa shape index (κ1) is 64.5. The van der Waals surface area contributed by atoms with Crippen molar-refractivity contribution in [3.05, 3.63) is 142 Å². The molecule has 8 rings (SSSR count). The molecule has 4 amide bonds. The zero-order valence-corrected chi connectivity index (χ0v) is 51.5. The normalized spacial score (nSPS) is 21.7. The molecule has 4 aliphatic rings. The second kappa shape index (κ2) is 26.0. The lowest BCUT2D eigenvalue weighted by atomic mass is 9.69. The molecule has 4 aromatic rings. The number of aliphatic imine (C=N–C) groups is 2. The summed E-state index contributed by atoms with van der Waals surface area (Å²) in [5, 5.41) is 14.2. The highest BCUT2D eigenvalue weighted by Crippen LogP contribution is 2.52. The van der Waals surface area contributed by atoms with Crippen molar-refractivity contribution in [2.24, 2.45) is 44.5 Å². The zero-order valence-electron chi connectivity index (χ0n) is 51.5. The number of amides is 4. The number of nitrogens with zero attached hydrogens (tertiary/aromatic N) is 4. The molecule has 2 aliphatic carbocycles. The van der Waals surface area contributed by atoms with E-state index in [0.29, 0.717) is 45.5 Å². The van der Waals surface area contributed by atoms with Gasteiger partial charge >= 0.3 is 11.9 Å². The van der Waals surface area contributed by atoms with Gasteiger partial charge in [-0.25, -0.2) is 8.78 Å². The van der Waals surface area contributed by atoms with Crippen molar-refractivity contribution in [3.8, 4) is 0 Å². The Morgan fingerprint density at radius 3 is 1.19 bits per heavy atom. The quantitative estimate of drug-likeness (QED) is 0.0925. The minimum Gasteiger partial charge on any atom is -0.481 e. The van der Waals surface area contributed by atoms with E-state index in [9.17, 15) is 37.5 Å². The number of halogens is 2. The number of carboxylic acid groups (broad SMARTS) is 1. The van der Waals surface area contributed by atoms with E-state index in [2.05, 4.69) is 79.9 Å². The van der Waals surface area contributed by atoms with E-state index in [1.165, 1.54) is 24.3 Å². The maximum Gasteiger partial charge on any atom is 0.308 e. The molecule has 14 nitrogen and oxygen atoms in total. The Kier molecular flexibility index (Phi) is 20.0. The van der Waals surface area contributed by atoms with Gasteiger partial charge in [0.1, 0.15) is 40.0 Å². The summed E-state index contributed by atoms with van der Waals surface area (Å²) in [6, 6.07) is 25.9. The van der Waals surface area contributed by atoms with E-state index in [4.69, 9.17) is 19.8 Å². The number of nitrogens with one attached hydrogen (secondary N) is 2. The minimum absolute atomic E-state index is 0.0500. The van der Waals surface area contributed by atoms with Crippen molar-refractivity contribution < 1.29 is 47.4 Å². The lowest BCUT2D eigenvalue weighted by Gasteiger charge is -2.48. The van der Waals surface area contributed by atoms with Crippen LogP contribution in [0.4, 0.5) is 8.78 Å². The second-order valence-electron chi connectivity index (χ2n) is 27.1. The van der Waals surface area contributed by atoms with Crippen LogP contribution in [0.5, 0.6) is 0 Å². The molecule has 2 atom stereocenters. The SMILES string of the molecule is CC(C)[C@H](c1ccc(C(=O)NCCC(=O)O)cc1)N1C(=O)C(c2ccc(F)cc2)=NC12CCC(C(C)(C)C)CC2.CC(C)[C@H](c1ccc(C(=O)NCCC(=O)OC(C)(C)C)cc1)N1C(=O)C(c2ccc(F)cc2)=NC12CCC(C(C)(C)C)CC2. The van der Waals surface area contributed by atoms with E-state index >= 15 is 0 Å². The van der Waals surface area contributed by atoms with Gasteiger partial charge in [0, 0.05) is 35.3 Å². The lowest BCUT2D eigenvalue weighted by molar-refractivity contribution is -0.154. The number of hydrogen-bond donors (Lipinski definition) is 3. The average Bonchev–Trinajstić information content (AvgIpc) is 1.93. The van der Waals surface area contributed by atoms with Crippen LogP contribution in [0, 0.1) is 46.1 Å². The Hall–Kier alpha value is -7.10. The summed E-state index contributed by atoms with van der Waals surface area (Å²) >= 11 is 0. The Balaban J connectivity index is 0.000000242. The van der Waals surface area contributed by atoms with Crippen LogP contribution in [0.25, 0.3) is 0 Å². The van der Waals surface area contributed by atoms with Crippen LogP contribution in [0.1, 0.15) is 209 Å². The zero-order chi connectivity index (χ0) is 61.7. The Morgan fingerprint density at radius 1 is 0.560 bits per heavy atom. The molecule has 84 heavy (non-hydrogen) atoms. The van der Waals surface area contributed by atoms with Gasteiger partial charge in [0.05, 0.1) is 24.9 Å². The van der Waals surface area contributed by atoms with Crippen LogP contribution in [0.15, 0.2) is 107 Å². The molecule has 452 valence electrons. The number of benzene rings is 4. The molecule has 2 heterocycles. The van der Waals surface area contributed by atoms with Crippen LogP contribution < -0.4 is 10.6 Å². The van der Waals surface area contributed by atoms with Gasteiger partial charge < -0.3 is 30.3 Å². The van der Waals surface area contributed by atoms with Gasteiger partial charge in [-0.1, -0.05) is 93.5 Å². The van der Waals surface area contributed by atoms with Crippen molar-refractivity contribution in [3.63, 3.8) is 0 Å². The highest BCUT2D eigenvalue weighted by molar-refractivity contribution is 6.47. The largest absolute Gasteiger partial charge is 0.481 e. The number of carbonyl (C=O) groups is 6. The first-order chi connectivity index (χ1) is 39.3. The van der Waals surface area contributed by atoms with Crippen LogP contribution in [0.2, 0.25) is 0 Å². The molecule has 2 saturated carbocycles. The molecule has 2 spiro atoms. The van der Waals surface area contributed by atoms with Gasteiger partial charge in [0.25, 0.3) is 23.6 Å². The molecule has 0 unspecified atom stereocenters. The molecule has 4 aromatic carbocycles. The van der Waals surface area contributed by atoms with E-state index in [1.54, 1.807) is 69.3 Å². The minimum atomic E-state index is -0.974. The van der Waals surface area contributed by atoms with Gasteiger partial charge in [0.2, 0.25) is 0 Å². The highest BCUT2D eigenvalue weighted by atomic mass is 19.1. The summed E-state index contributed by atoms with van der Waals surface area (Å²) in [5.74, 6) is -1.81. The molecule has 0 radical (unpaired) electrons. The van der Waals surface area contributed by atoms with E-state index in [1.807, 2.05) is 34.1 Å². The van der Waals surface area contributed by atoms with E-state index in [-0.39, 0.29) is 102 Å². The molecular formula is C68H88F2N6O8. The lowest BCUT2D eigenvalue weighted by Crippen LogP contribution is -2.52. The van der Waals surface area contributed by atoms with Crippen molar-refractivity contribution in [2.75, 3.05) is 13.1 Å². The molecule has 2 fully saturated rings. The van der Waals surface area contributed by atoms with Gasteiger partial charge in [-0.3, -0.25) is 38.8 Å². The van der Waals surface area contributed by atoms with Crippen LogP contribution in [-0.4, -0.2) is 91.9 Å².